The second-order valence-corrected chi connectivity index (χ2v) is 8.55. The number of sulfonamides is 1. The zero-order valence-electron chi connectivity index (χ0n) is 15.7. The molecule has 0 atom stereocenters. The van der Waals surface area contributed by atoms with E-state index in [4.69, 9.17) is 0 Å². The number of aryl methyl sites for hydroxylation is 3. The van der Waals surface area contributed by atoms with Gasteiger partial charge in [0.25, 0.3) is 0 Å². The van der Waals surface area contributed by atoms with Gasteiger partial charge in [0.05, 0.1) is 11.9 Å². The third-order valence-electron chi connectivity index (χ3n) is 4.11. The Morgan fingerprint density at radius 1 is 1.04 bits per heavy atom. The Morgan fingerprint density at radius 3 is 2.35 bits per heavy atom. The third kappa shape index (κ3) is 5.59. The molecule has 0 unspecified atom stereocenters. The molecule has 6 heteroatoms. The SMILES string of the molecule is Cc1cccc(N(CCCC(=O)Nc2ccc(C)cc2C)S(C)(=O)=O)c1. The van der Waals surface area contributed by atoms with Gasteiger partial charge in [0.1, 0.15) is 0 Å². The summed E-state index contributed by atoms with van der Waals surface area (Å²) < 4.78 is 25.6. The van der Waals surface area contributed by atoms with Crippen LogP contribution in [0.15, 0.2) is 42.5 Å². The number of rotatable bonds is 7. The highest BCUT2D eigenvalue weighted by atomic mass is 32.2. The molecule has 0 saturated carbocycles. The maximum Gasteiger partial charge on any atom is 0.232 e. The van der Waals surface area contributed by atoms with Crippen LogP contribution in [0.25, 0.3) is 0 Å². The van der Waals surface area contributed by atoms with Gasteiger partial charge in [-0.25, -0.2) is 8.42 Å². The molecule has 0 aliphatic rings. The normalized spacial score (nSPS) is 11.2. The summed E-state index contributed by atoms with van der Waals surface area (Å²) in [4.78, 5) is 12.2. The highest BCUT2D eigenvalue weighted by Gasteiger charge is 2.17. The van der Waals surface area contributed by atoms with Gasteiger partial charge in [-0.1, -0.05) is 29.8 Å². The third-order valence-corrected chi connectivity index (χ3v) is 5.31. The number of nitrogens with zero attached hydrogens (tertiary/aromatic N) is 1. The van der Waals surface area contributed by atoms with Crippen molar-refractivity contribution in [3.8, 4) is 0 Å². The summed E-state index contributed by atoms with van der Waals surface area (Å²) in [5, 5.41) is 2.89. The van der Waals surface area contributed by atoms with E-state index >= 15 is 0 Å². The number of carbonyl (C=O) groups is 1. The first-order chi connectivity index (χ1) is 12.2. The fraction of sp³-hybridized carbons (Fsp3) is 0.350. The Balaban J connectivity index is 1.98. The van der Waals surface area contributed by atoms with Gasteiger partial charge >= 0.3 is 0 Å². The van der Waals surface area contributed by atoms with Crippen molar-refractivity contribution in [1.29, 1.82) is 0 Å². The molecule has 0 aliphatic carbocycles. The molecule has 0 fully saturated rings. The van der Waals surface area contributed by atoms with Crippen molar-refractivity contribution in [2.75, 3.05) is 22.4 Å². The molecule has 0 aliphatic heterocycles. The Hall–Kier alpha value is -2.34. The molecule has 0 bridgehead atoms. The molecule has 0 spiro atoms. The van der Waals surface area contributed by atoms with Crippen molar-refractivity contribution in [2.24, 2.45) is 0 Å². The average Bonchev–Trinajstić information content (AvgIpc) is 2.53. The number of hydrogen-bond acceptors (Lipinski definition) is 3. The molecule has 140 valence electrons. The predicted molar refractivity (Wildman–Crippen MR) is 107 cm³/mol. The van der Waals surface area contributed by atoms with Crippen LogP contribution >= 0.6 is 0 Å². The van der Waals surface area contributed by atoms with E-state index in [0.29, 0.717) is 12.1 Å². The van der Waals surface area contributed by atoms with E-state index < -0.39 is 10.0 Å². The molecule has 5 nitrogen and oxygen atoms in total. The first-order valence-electron chi connectivity index (χ1n) is 8.58. The first-order valence-corrected chi connectivity index (χ1v) is 10.4. The molecule has 2 aromatic carbocycles. The standard InChI is InChI=1S/C20H26N2O3S/c1-15-7-5-8-18(14-15)22(26(4,24)25)12-6-9-20(23)21-19-11-10-16(2)13-17(19)3/h5,7-8,10-11,13-14H,6,9,12H2,1-4H3,(H,21,23). The number of nitrogens with one attached hydrogen (secondary N) is 1. The van der Waals surface area contributed by atoms with Gasteiger partial charge in [0.2, 0.25) is 15.9 Å². The van der Waals surface area contributed by atoms with Crippen LogP contribution in [0, 0.1) is 20.8 Å². The van der Waals surface area contributed by atoms with Gasteiger partial charge in [-0.2, -0.15) is 0 Å². The largest absolute Gasteiger partial charge is 0.326 e. The Labute approximate surface area is 156 Å². The smallest absolute Gasteiger partial charge is 0.232 e. The first kappa shape index (κ1) is 20.0. The van der Waals surface area contributed by atoms with Gasteiger partial charge in [0.15, 0.2) is 0 Å². The summed E-state index contributed by atoms with van der Waals surface area (Å²) in [5.74, 6) is -0.116. The van der Waals surface area contributed by atoms with Crippen LogP contribution in [-0.4, -0.2) is 27.1 Å². The monoisotopic (exact) mass is 374 g/mol. The fourth-order valence-electron chi connectivity index (χ4n) is 2.82. The molecule has 1 amide bonds. The molecule has 0 radical (unpaired) electrons. The van der Waals surface area contributed by atoms with Crippen LogP contribution in [0.3, 0.4) is 0 Å². The summed E-state index contributed by atoms with van der Waals surface area (Å²) in [6.45, 7) is 6.14. The summed E-state index contributed by atoms with van der Waals surface area (Å²) in [6.07, 6.45) is 1.88. The van der Waals surface area contributed by atoms with Gasteiger partial charge < -0.3 is 5.32 Å². The quantitative estimate of drug-likeness (QED) is 0.802. The number of amides is 1. The van der Waals surface area contributed by atoms with Crippen LogP contribution in [0.4, 0.5) is 11.4 Å². The molecule has 0 saturated heterocycles. The van der Waals surface area contributed by atoms with Crippen molar-refractivity contribution >= 4 is 27.3 Å². The topological polar surface area (TPSA) is 66.5 Å². The van der Waals surface area contributed by atoms with Crippen LogP contribution in [0.2, 0.25) is 0 Å². The van der Waals surface area contributed by atoms with E-state index in [1.165, 1.54) is 10.6 Å². The number of hydrogen-bond donors (Lipinski definition) is 1. The molecule has 2 aromatic rings. The molecular weight excluding hydrogens is 348 g/mol. The maximum absolute atomic E-state index is 12.2. The molecular formula is C20H26N2O3S. The molecule has 0 heterocycles. The van der Waals surface area contributed by atoms with E-state index in [0.717, 1.165) is 22.4 Å². The summed E-state index contributed by atoms with van der Waals surface area (Å²) in [7, 11) is -3.40. The lowest BCUT2D eigenvalue weighted by atomic mass is 10.1. The molecule has 2 rings (SSSR count). The van der Waals surface area contributed by atoms with Crippen LogP contribution < -0.4 is 9.62 Å². The maximum atomic E-state index is 12.2. The van der Waals surface area contributed by atoms with E-state index in [9.17, 15) is 13.2 Å². The molecule has 26 heavy (non-hydrogen) atoms. The van der Waals surface area contributed by atoms with Crippen LogP contribution in [0.5, 0.6) is 0 Å². The minimum Gasteiger partial charge on any atom is -0.326 e. The van der Waals surface area contributed by atoms with E-state index in [-0.39, 0.29) is 18.9 Å². The van der Waals surface area contributed by atoms with Gasteiger partial charge in [-0.05, 0) is 56.5 Å². The second kappa shape index (κ2) is 8.36. The summed E-state index contributed by atoms with van der Waals surface area (Å²) in [5.41, 5.74) is 4.56. The minimum absolute atomic E-state index is 0.116. The van der Waals surface area contributed by atoms with Gasteiger partial charge in [-0.3, -0.25) is 9.10 Å². The van der Waals surface area contributed by atoms with Crippen molar-refractivity contribution in [1.82, 2.24) is 0 Å². The van der Waals surface area contributed by atoms with Crippen LogP contribution in [0.1, 0.15) is 29.5 Å². The lowest BCUT2D eigenvalue weighted by Crippen LogP contribution is -2.31. The zero-order chi connectivity index (χ0) is 19.3. The zero-order valence-corrected chi connectivity index (χ0v) is 16.6. The second-order valence-electron chi connectivity index (χ2n) is 6.64. The highest BCUT2D eigenvalue weighted by Crippen LogP contribution is 2.20. The summed E-state index contributed by atoms with van der Waals surface area (Å²) in [6, 6.07) is 13.2. The average molecular weight is 375 g/mol. The number of anilines is 2. The predicted octanol–water partition coefficient (Wildman–Crippen LogP) is 3.80. The Bertz CT molecular complexity index is 892. The fourth-order valence-corrected chi connectivity index (χ4v) is 3.78. The lowest BCUT2D eigenvalue weighted by molar-refractivity contribution is -0.116. The summed E-state index contributed by atoms with van der Waals surface area (Å²) >= 11 is 0. The van der Waals surface area contributed by atoms with Crippen molar-refractivity contribution in [2.45, 2.75) is 33.6 Å². The minimum atomic E-state index is -3.40. The van der Waals surface area contributed by atoms with Crippen molar-refractivity contribution in [3.63, 3.8) is 0 Å². The van der Waals surface area contributed by atoms with Crippen LogP contribution in [-0.2, 0) is 14.8 Å². The van der Waals surface area contributed by atoms with Crippen molar-refractivity contribution < 1.29 is 13.2 Å². The van der Waals surface area contributed by atoms with Gasteiger partial charge in [0, 0.05) is 18.7 Å². The molecule has 0 aromatic heterocycles. The highest BCUT2D eigenvalue weighted by molar-refractivity contribution is 7.92. The molecule has 1 N–H and O–H groups in total. The van der Waals surface area contributed by atoms with Gasteiger partial charge in [-0.15, -0.1) is 0 Å². The van der Waals surface area contributed by atoms with E-state index in [1.54, 1.807) is 6.07 Å². The van der Waals surface area contributed by atoms with Crippen molar-refractivity contribution in [3.05, 3.63) is 59.2 Å². The lowest BCUT2D eigenvalue weighted by Gasteiger charge is -2.22. The van der Waals surface area contributed by atoms with E-state index in [1.807, 2.05) is 57.2 Å². The Morgan fingerprint density at radius 2 is 1.73 bits per heavy atom. The number of carbonyl (C=O) groups excluding carboxylic acids is 1. The number of benzene rings is 2. The van der Waals surface area contributed by atoms with E-state index in [2.05, 4.69) is 5.32 Å². The Kier molecular flexibility index (Phi) is 6.42.